The van der Waals surface area contributed by atoms with Gasteiger partial charge in [0.15, 0.2) is 11.6 Å². The molecule has 1 amide bonds. The van der Waals surface area contributed by atoms with Crippen molar-refractivity contribution in [2.24, 2.45) is 0 Å². The molecule has 0 saturated heterocycles. The van der Waals surface area contributed by atoms with E-state index in [-0.39, 0.29) is 11.6 Å². The van der Waals surface area contributed by atoms with Crippen molar-refractivity contribution in [3.05, 3.63) is 36.2 Å². The summed E-state index contributed by atoms with van der Waals surface area (Å²) in [5, 5.41) is 10.5. The standard InChI is InChI=1S/C15H14N4O3/c1-21-13-5-10-9(6-16-19-10)4-11(13)17-14(20)12-7-22-15(18-12)8-2-3-8/h4-8H,2-3H2,1H3,(H,16,19)(H,17,20). The lowest BCUT2D eigenvalue weighted by atomic mass is 10.2. The monoisotopic (exact) mass is 298 g/mol. The van der Waals surface area contributed by atoms with Gasteiger partial charge in [-0.15, -0.1) is 0 Å². The molecular weight excluding hydrogens is 284 g/mol. The first kappa shape index (κ1) is 12.9. The third-order valence-corrected chi connectivity index (χ3v) is 3.69. The third-order valence-electron chi connectivity index (χ3n) is 3.69. The Hall–Kier alpha value is -2.83. The van der Waals surface area contributed by atoms with Gasteiger partial charge in [-0.1, -0.05) is 0 Å². The molecule has 7 heteroatoms. The number of benzene rings is 1. The number of aromatic nitrogens is 3. The quantitative estimate of drug-likeness (QED) is 0.772. The van der Waals surface area contributed by atoms with Crippen LogP contribution in [-0.4, -0.2) is 28.2 Å². The number of hydrogen-bond acceptors (Lipinski definition) is 5. The van der Waals surface area contributed by atoms with Crippen molar-refractivity contribution in [1.82, 2.24) is 15.2 Å². The lowest BCUT2D eigenvalue weighted by molar-refractivity contribution is 0.102. The molecule has 22 heavy (non-hydrogen) atoms. The highest BCUT2D eigenvalue weighted by Crippen LogP contribution is 2.39. The summed E-state index contributed by atoms with van der Waals surface area (Å²) in [6.45, 7) is 0. The van der Waals surface area contributed by atoms with Crippen molar-refractivity contribution >= 4 is 22.5 Å². The van der Waals surface area contributed by atoms with Crippen LogP contribution in [0.15, 0.2) is 29.0 Å². The number of aromatic amines is 1. The Labute approximate surface area is 125 Å². The molecule has 7 nitrogen and oxygen atoms in total. The van der Waals surface area contributed by atoms with Crippen LogP contribution in [0.1, 0.15) is 35.1 Å². The van der Waals surface area contributed by atoms with Crippen LogP contribution in [0.4, 0.5) is 5.69 Å². The number of anilines is 1. The maximum atomic E-state index is 12.3. The van der Waals surface area contributed by atoms with Crippen molar-refractivity contribution < 1.29 is 13.9 Å². The second-order valence-electron chi connectivity index (χ2n) is 5.31. The number of nitrogens with zero attached hydrogens (tertiary/aromatic N) is 2. The van der Waals surface area contributed by atoms with Crippen LogP contribution < -0.4 is 10.1 Å². The number of methoxy groups -OCH3 is 1. The molecule has 1 aliphatic rings. The maximum absolute atomic E-state index is 12.3. The predicted molar refractivity (Wildman–Crippen MR) is 79.1 cm³/mol. The van der Waals surface area contributed by atoms with E-state index in [0.717, 1.165) is 23.7 Å². The lowest BCUT2D eigenvalue weighted by Crippen LogP contribution is -2.13. The summed E-state index contributed by atoms with van der Waals surface area (Å²) in [6, 6.07) is 3.59. The number of fused-ring (bicyclic) bond motifs is 1. The summed E-state index contributed by atoms with van der Waals surface area (Å²) in [6.07, 6.45) is 5.23. The van der Waals surface area contributed by atoms with Crippen molar-refractivity contribution in [2.75, 3.05) is 12.4 Å². The number of carbonyl (C=O) groups excluding carboxylic acids is 1. The van der Waals surface area contributed by atoms with E-state index < -0.39 is 0 Å². The zero-order chi connectivity index (χ0) is 15.1. The zero-order valence-corrected chi connectivity index (χ0v) is 11.9. The summed E-state index contributed by atoms with van der Waals surface area (Å²) < 4.78 is 10.7. The maximum Gasteiger partial charge on any atom is 0.277 e. The van der Waals surface area contributed by atoms with Gasteiger partial charge >= 0.3 is 0 Å². The Kier molecular flexibility index (Phi) is 2.85. The Bertz CT molecular complexity index is 847. The van der Waals surface area contributed by atoms with Crippen LogP contribution in [-0.2, 0) is 0 Å². The molecule has 0 unspecified atom stereocenters. The summed E-state index contributed by atoms with van der Waals surface area (Å²) in [7, 11) is 1.55. The van der Waals surface area contributed by atoms with E-state index in [4.69, 9.17) is 9.15 Å². The molecule has 2 aromatic heterocycles. The van der Waals surface area contributed by atoms with Gasteiger partial charge in [0.05, 0.1) is 24.5 Å². The number of amides is 1. The molecule has 0 radical (unpaired) electrons. The molecule has 0 atom stereocenters. The molecule has 2 heterocycles. The van der Waals surface area contributed by atoms with Gasteiger partial charge in [-0.3, -0.25) is 9.89 Å². The fraction of sp³-hybridized carbons (Fsp3) is 0.267. The predicted octanol–water partition coefficient (Wildman–Crippen LogP) is 2.69. The van der Waals surface area contributed by atoms with Crippen LogP contribution >= 0.6 is 0 Å². The molecule has 2 N–H and O–H groups in total. The minimum Gasteiger partial charge on any atom is -0.494 e. The Morgan fingerprint density at radius 2 is 2.32 bits per heavy atom. The number of hydrogen-bond donors (Lipinski definition) is 2. The first-order chi connectivity index (χ1) is 10.7. The topological polar surface area (TPSA) is 93.0 Å². The van der Waals surface area contributed by atoms with E-state index in [0.29, 0.717) is 23.2 Å². The van der Waals surface area contributed by atoms with Crippen LogP contribution in [0.3, 0.4) is 0 Å². The molecule has 1 fully saturated rings. The minimum absolute atomic E-state index is 0.274. The van der Waals surface area contributed by atoms with Gasteiger partial charge in [-0.05, 0) is 18.9 Å². The zero-order valence-electron chi connectivity index (χ0n) is 11.9. The molecule has 0 aliphatic heterocycles. The second-order valence-corrected chi connectivity index (χ2v) is 5.31. The van der Waals surface area contributed by atoms with Crippen molar-refractivity contribution in [2.45, 2.75) is 18.8 Å². The minimum atomic E-state index is -0.322. The van der Waals surface area contributed by atoms with Crippen molar-refractivity contribution in [3.63, 3.8) is 0 Å². The summed E-state index contributed by atoms with van der Waals surface area (Å²) in [4.78, 5) is 16.5. The summed E-state index contributed by atoms with van der Waals surface area (Å²) >= 11 is 0. The molecule has 1 aromatic carbocycles. The Morgan fingerprint density at radius 3 is 3.09 bits per heavy atom. The second kappa shape index (κ2) is 4.87. The highest BCUT2D eigenvalue weighted by atomic mass is 16.5. The van der Waals surface area contributed by atoms with E-state index in [1.54, 1.807) is 25.4 Å². The molecule has 4 rings (SSSR count). The van der Waals surface area contributed by atoms with E-state index in [1.807, 2.05) is 0 Å². The van der Waals surface area contributed by atoms with Crippen molar-refractivity contribution in [1.29, 1.82) is 0 Å². The van der Waals surface area contributed by atoms with E-state index in [9.17, 15) is 4.79 Å². The van der Waals surface area contributed by atoms with Crippen LogP contribution in [0.2, 0.25) is 0 Å². The van der Waals surface area contributed by atoms with E-state index in [1.165, 1.54) is 6.26 Å². The van der Waals surface area contributed by atoms with E-state index >= 15 is 0 Å². The van der Waals surface area contributed by atoms with Gasteiger partial charge in [0, 0.05) is 17.4 Å². The van der Waals surface area contributed by atoms with Crippen molar-refractivity contribution in [3.8, 4) is 5.75 Å². The third kappa shape index (κ3) is 2.20. The van der Waals surface area contributed by atoms with Crippen LogP contribution in [0, 0.1) is 0 Å². The number of H-pyrrole nitrogens is 1. The number of rotatable bonds is 4. The smallest absolute Gasteiger partial charge is 0.277 e. The Balaban J connectivity index is 1.62. The fourth-order valence-corrected chi connectivity index (χ4v) is 2.33. The van der Waals surface area contributed by atoms with E-state index in [2.05, 4.69) is 20.5 Å². The molecule has 112 valence electrons. The van der Waals surface area contributed by atoms with Gasteiger partial charge in [0.2, 0.25) is 0 Å². The Morgan fingerprint density at radius 1 is 1.45 bits per heavy atom. The number of nitrogens with one attached hydrogen (secondary N) is 2. The number of carbonyl (C=O) groups is 1. The van der Waals surface area contributed by atoms with Gasteiger partial charge in [-0.25, -0.2) is 4.98 Å². The number of ether oxygens (including phenoxy) is 1. The normalized spacial score (nSPS) is 14.2. The molecule has 0 spiro atoms. The number of oxazole rings is 1. The largest absolute Gasteiger partial charge is 0.494 e. The van der Waals surface area contributed by atoms with Gasteiger partial charge in [-0.2, -0.15) is 5.10 Å². The van der Waals surface area contributed by atoms with Crippen LogP contribution in [0.5, 0.6) is 5.75 Å². The van der Waals surface area contributed by atoms with Gasteiger partial charge in [0.1, 0.15) is 12.0 Å². The average Bonchev–Trinajstić information content (AvgIpc) is 3.08. The highest BCUT2D eigenvalue weighted by molar-refractivity contribution is 6.04. The SMILES string of the molecule is COc1cc2[nH]ncc2cc1NC(=O)c1coc(C2CC2)n1. The molecule has 1 saturated carbocycles. The molecule has 0 bridgehead atoms. The van der Waals surface area contributed by atoms with Crippen LogP contribution in [0.25, 0.3) is 10.9 Å². The first-order valence-corrected chi connectivity index (χ1v) is 7.02. The molecule has 1 aliphatic carbocycles. The average molecular weight is 298 g/mol. The first-order valence-electron chi connectivity index (χ1n) is 7.02. The lowest BCUT2D eigenvalue weighted by Gasteiger charge is -2.09. The highest BCUT2D eigenvalue weighted by Gasteiger charge is 2.29. The summed E-state index contributed by atoms with van der Waals surface area (Å²) in [5.74, 6) is 1.24. The molecule has 3 aromatic rings. The fourth-order valence-electron chi connectivity index (χ4n) is 2.33. The van der Waals surface area contributed by atoms with Gasteiger partial charge in [0.25, 0.3) is 5.91 Å². The van der Waals surface area contributed by atoms with Gasteiger partial charge < -0.3 is 14.5 Å². The summed E-state index contributed by atoms with van der Waals surface area (Å²) in [5.41, 5.74) is 1.68. The molecular formula is C15H14N4O3.